The normalized spacial score (nSPS) is 26.8. The van der Waals surface area contributed by atoms with Crippen LogP contribution in [-0.4, -0.2) is 18.0 Å². The third-order valence-corrected chi connectivity index (χ3v) is 5.20. The molecule has 20 heavy (non-hydrogen) atoms. The molecule has 0 radical (unpaired) electrons. The third kappa shape index (κ3) is 2.27. The molecule has 1 aliphatic rings. The first kappa shape index (κ1) is 15.4. The van der Waals surface area contributed by atoms with Gasteiger partial charge in [0.1, 0.15) is 5.82 Å². The van der Waals surface area contributed by atoms with Crippen molar-refractivity contribution in [1.29, 1.82) is 0 Å². The molecule has 2 rings (SSSR count). The van der Waals surface area contributed by atoms with E-state index in [2.05, 4.69) is 21.2 Å². The van der Waals surface area contributed by atoms with Crippen molar-refractivity contribution < 1.29 is 9.18 Å². The summed E-state index contributed by atoms with van der Waals surface area (Å²) in [5.74, 6) is -0.588. The van der Waals surface area contributed by atoms with Crippen LogP contribution in [0.25, 0.3) is 0 Å². The van der Waals surface area contributed by atoms with Crippen LogP contribution in [-0.2, 0) is 0 Å². The highest BCUT2D eigenvalue weighted by atomic mass is 79.9. The zero-order chi connectivity index (χ0) is 15.3. The molecule has 0 aromatic heterocycles. The van der Waals surface area contributed by atoms with Crippen LogP contribution in [0.2, 0.25) is 0 Å². The van der Waals surface area contributed by atoms with E-state index in [1.165, 1.54) is 18.2 Å². The monoisotopic (exact) mass is 342 g/mol. The van der Waals surface area contributed by atoms with Crippen LogP contribution in [0.4, 0.5) is 4.39 Å². The molecule has 1 saturated carbocycles. The van der Waals surface area contributed by atoms with Crippen molar-refractivity contribution in [3.8, 4) is 0 Å². The van der Waals surface area contributed by atoms with E-state index in [0.29, 0.717) is 10.0 Å². The average Bonchev–Trinajstić information content (AvgIpc) is 2.34. The predicted octanol–water partition coefficient (Wildman–Crippen LogP) is 3.08. The minimum absolute atomic E-state index is 0.0190. The number of rotatable bonds is 2. The Bertz CT molecular complexity index is 541. The number of amides is 1. The molecule has 0 saturated heterocycles. The number of halogens is 2. The average molecular weight is 343 g/mol. The lowest BCUT2D eigenvalue weighted by atomic mass is 9.48. The first-order valence-corrected chi connectivity index (χ1v) is 7.39. The van der Waals surface area contributed by atoms with Crippen LogP contribution in [0, 0.1) is 16.6 Å². The smallest absolute Gasteiger partial charge is 0.252 e. The Morgan fingerprint density at radius 2 is 1.85 bits per heavy atom. The molecule has 1 amide bonds. The van der Waals surface area contributed by atoms with E-state index in [1.807, 2.05) is 27.7 Å². The zero-order valence-electron chi connectivity index (χ0n) is 12.1. The van der Waals surface area contributed by atoms with Crippen molar-refractivity contribution in [2.45, 2.75) is 39.8 Å². The lowest BCUT2D eigenvalue weighted by molar-refractivity contribution is -0.0663. The maximum absolute atomic E-state index is 13.1. The molecule has 1 fully saturated rings. The highest BCUT2D eigenvalue weighted by molar-refractivity contribution is 9.10. The third-order valence-electron chi connectivity index (χ3n) is 4.54. The summed E-state index contributed by atoms with van der Waals surface area (Å²) in [6.07, 6.45) is 0. The van der Waals surface area contributed by atoms with E-state index >= 15 is 0 Å². The summed E-state index contributed by atoms with van der Waals surface area (Å²) in [5.41, 5.74) is 6.29. The number of carbonyl (C=O) groups is 1. The summed E-state index contributed by atoms with van der Waals surface area (Å²) in [4.78, 5) is 12.4. The fourth-order valence-corrected chi connectivity index (χ4v) is 3.97. The van der Waals surface area contributed by atoms with Crippen molar-refractivity contribution in [2.24, 2.45) is 16.6 Å². The van der Waals surface area contributed by atoms with Gasteiger partial charge in [-0.05, 0) is 34.1 Å². The zero-order valence-corrected chi connectivity index (χ0v) is 13.7. The SMILES string of the molecule is CC1(C)C(N)C(C)(C)C1NC(=O)c1ccc(F)cc1Br. The second-order valence-electron chi connectivity index (χ2n) is 6.65. The van der Waals surface area contributed by atoms with E-state index in [9.17, 15) is 9.18 Å². The van der Waals surface area contributed by atoms with E-state index < -0.39 is 0 Å². The van der Waals surface area contributed by atoms with E-state index in [4.69, 9.17) is 5.73 Å². The summed E-state index contributed by atoms with van der Waals surface area (Å²) in [6, 6.07) is 4.06. The largest absolute Gasteiger partial charge is 0.348 e. The standard InChI is InChI=1S/C15H20BrFN2O/c1-14(2)12(18)15(3,4)13(14)19-11(20)9-6-5-8(17)7-10(9)16/h5-7,12-13H,18H2,1-4H3,(H,19,20). The highest BCUT2D eigenvalue weighted by Gasteiger charge is 2.60. The topological polar surface area (TPSA) is 55.1 Å². The van der Waals surface area contributed by atoms with Gasteiger partial charge < -0.3 is 11.1 Å². The molecule has 5 heteroatoms. The van der Waals surface area contributed by atoms with Gasteiger partial charge in [-0.2, -0.15) is 0 Å². The molecule has 1 aromatic carbocycles. The molecule has 3 N–H and O–H groups in total. The van der Waals surface area contributed by atoms with Crippen LogP contribution in [0.5, 0.6) is 0 Å². The predicted molar refractivity (Wildman–Crippen MR) is 80.9 cm³/mol. The van der Waals surface area contributed by atoms with E-state index in [-0.39, 0.29) is 34.6 Å². The Morgan fingerprint density at radius 3 is 2.35 bits per heavy atom. The first-order valence-electron chi connectivity index (χ1n) is 6.60. The molecule has 0 atom stereocenters. The van der Waals surface area contributed by atoms with Gasteiger partial charge in [-0.1, -0.05) is 27.7 Å². The molecule has 0 bridgehead atoms. The molecule has 3 nitrogen and oxygen atoms in total. The Kier molecular flexibility index (Phi) is 3.71. The van der Waals surface area contributed by atoms with Gasteiger partial charge in [0.05, 0.1) is 5.56 Å². The lowest BCUT2D eigenvalue weighted by Crippen LogP contribution is -2.76. The summed E-state index contributed by atoms with van der Waals surface area (Å²) in [6.45, 7) is 8.20. The molecule has 0 aliphatic heterocycles. The highest BCUT2D eigenvalue weighted by Crippen LogP contribution is 2.52. The summed E-state index contributed by atoms with van der Waals surface area (Å²) >= 11 is 3.22. The molecule has 1 aliphatic carbocycles. The number of nitrogens with two attached hydrogens (primary N) is 1. The number of hydrogen-bond donors (Lipinski definition) is 2. The maximum atomic E-state index is 13.1. The van der Waals surface area contributed by atoms with Gasteiger partial charge >= 0.3 is 0 Å². The van der Waals surface area contributed by atoms with Gasteiger partial charge in [0.25, 0.3) is 5.91 Å². The van der Waals surface area contributed by atoms with Crippen LogP contribution in [0.3, 0.4) is 0 Å². The summed E-state index contributed by atoms with van der Waals surface area (Å²) in [5, 5.41) is 3.03. The van der Waals surface area contributed by atoms with Crippen LogP contribution in [0.1, 0.15) is 38.1 Å². The van der Waals surface area contributed by atoms with Gasteiger partial charge in [-0.15, -0.1) is 0 Å². The summed E-state index contributed by atoms with van der Waals surface area (Å²) in [7, 11) is 0. The van der Waals surface area contributed by atoms with Crippen molar-refractivity contribution in [2.75, 3.05) is 0 Å². The van der Waals surface area contributed by atoms with Gasteiger partial charge in [-0.25, -0.2) is 4.39 Å². The van der Waals surface area contributed by atoms with E-state index in [1.54, 1.807) is 0 Å². The molecular formula is C15H20BrFN2O. The molecule has 0 heterocycles. The van der Waals surface area contributed by atoms with Crippen LogP contribution < -0.4 is 11.1 Å². The first-order chi connectivity index (χ1) is 9.08. The van der Waals surface area contributed by atoms with Crippen molar-refractivity contribution in [3.05, 3.63) is 34.1 Å². The minimum atomic E-state index is -0.375. The fraction of sp³-hybridized carbons (Fsp3) is 0.533. The Balaban J connectivity index is 2.20. The van der Waals surface area contributed by atoms with Gasteiger partial charge in [0, 0.05) is 27.4 Å². The van der Waals surface area contributed by atoms with Crippen molar-refractivity contribution in [3.63, 3.8) is 0 Å². The van der Waals surface area contributed by atoms with Crippen LogP contribution in [0.15, 0.2) is 22.7 Å². The number of nitrogens with one attached hydrogen (secondary N) is 1. The second-order valence-corrected chi connectivity index (χ2v) is 7.51. The summed E-state index contributed by atoms with van der Waals surface area (Å²) < 4.78 is 13.5. The molecular weight excluding hydrogens is 323 g/mol. The number of benzene rings is 1. The second kappa shape index (κ2) is 4.81. The number of carbonyl (C=O) groups excluding carboxylic acids is 1. The molecule has 0 unspecified atom stereocenters. The van der Waals surface area contributed by atoms with Crippen molar-refractivity contribution >= 4 is 21.8 Å². The molecule has 110 valence electrons. The Hall–Kier alpha value is -0.940. The Labute approximate surface area is 127 Å². The van der Waals surface area contributed by atoms with Crippen LogP contribution >= 0.6 is 15.9 Å². The Morgan fingerprint density at radius 1 is 1.30 bits per heavy atom. The lowest BCUT2D eigenvalue weighted by Gasteiger charge is -2.62. The van der Waals surface area contributed by atoms with Gasteiger partial charge in [0.15, 0.2) is 0 Å². The quantitative estimate of drug-likeness (QED) is 0.867. The molecule has 1 aromatic rings. The van der Waals surface area contributed by atoms with Gasteiger partial charge in [0.2, 0.25) is 0 Å². The fourth-order valence-electron chi connectivity index (χ4n) is 3.43. The maximum Gasteiger partial charge on any atom is 0.252 e. The van der Waals surface area contributed by atoms with Gasteiger partial charge in [-0.3, -0.25) is 4.79 Å². The van der Waals surface area contributed by atoms with Crippen molar-refractivity contribution in [1.82, 2.24) is 5.32 Å². The molecule has 0 spiro atoms. The van der Waals surface area contributed by atoms with E-state index in [0.717, 1.165) is 0 Å². The number of hydrogen-bond acceptors (Lipinski definition) is 2. The minimum Gasteiger partial charge on any atom is -0.348 e.